The molecule has 0 saturated carbocycles. The molecule has 0 radical (unpaired) electrons. The molecule has 0 heterocycles. The summed E-state index contributed by atoms with van der Waals surface area (Å²) in [6.45, 7) is 11.5. The molecule has 0 aromatic heterocycles. The number of carbonyl (C=O) groups excluding carboxylic acids is 2. The number of hydrogen-bond acceptors (Lipinski definition) is 4. The predicted octanol–water partition coefficient (Wildman–Crippen LogP) is 4.84. The van der Waals surface area contributed by atoms with Gasteiger partial charge in [-0.2, -0.15) is 0 Å². The lowest BCUT2D eigenvalue weighted by Gasteiger charge is -2.32. The number of rotatable bonds is 10. The molecule has 1 atom stereocenters. The highest BCUT2D eigenvalue weighted by Crippen LogP contribution is 2.25. The van der Waals surface area contributed by atoms with Crippen LogP contribution in [0.4, 0.5) is 5.69 Å². The van der Waals surface area contributed by atoms with Crippen LogP contribution in [-0.2, 0) is 26.2 Å². The summed E-state index contributed by atoms with van der Waals surface area (Å²) in [7, 11) is -3.55. The minimum atomic E-state index is -3.55. The van der Waals surface area contributed by atoms with Gasteiger partial charge in [-0.15, -0.1) is 0 Å². The Morgan fingerprint density at radius 3 is 2.31 bits per heavy atom. The van der Waals surface area contributed by atoms with Crippen LogP contribution in [0.2, 0.25) is 5.02 Å². The molecule has 2 aromatic rings. The smallest absolute Gasteiger partial charge is 0.242 e. The van der Waals surface area contributed by atoms with Crippen LogP contribution in [0.15, 0.2) is 42.5 Å². The van der Waals surface area contributed by atoms with Crippen LogP contribution in [0.25, 0.3) is 0 Å². The summed E-state index contributed by atoms with van der Waals surface area (Å²) < 4.78 is 26.5. The van der Waals surface area contributed by atoms with Crippen molar-refractivity contribution in [3.63, 3.8) is 0 Å². The van der Waals surface area contributed by atoms with Gasteiger partial charge in [0.15, 0.2) is 0 Å². The quantitative estimate of drug-likeness (QED) is 0.472. The van der Waals surface area contributed by atoms with E-state index < -0.39 is 21.6 Å². The molecule has 0 bridgehead atoms. The van der Waals surface area contributed by atoms with Crippen LogP contribution in [-0.4, -0.2) is 49.5 Å². The number of sulfonamides is 1. The highest BCUT2D eigenvalue weighted by atomic mass is 35.5. The number of nitrogens with one attached hydrogen (secondary N) is 1. The fourth-order valence-electron chi connectivity index (χ4n) is 3.88. The van der Waals surface area contributed by atoms with Crippen molar-refractivity contribution in [3.05, 3.63) is 64.2 Å². The van der Waals surface area contributed by atoms with E-state index >= 15 is 0 Å². The molecule has 198 valence electrons. The first kappa shape index (κ1) is 29.6. The lowest BCUT2D eigenvalue weighted by Crippen LogP contribution is -2.52. The second kappa shape index (κ2) is 12.1. The first-order valence-electron chi connectivity index (χ1n) is 12.0. The normalized spacial score (nSPS) is 12.7. The summed E-state index contributed by atoms with van der Waals surface area (Å²) in [5.74, 6) is -0.494. The Hall–Kier alpha value is -2.58. The second-order valence-corrected chi connectivity index (χ2v) is 12.6. The Balaban J connectivity index is 2.23. The topological polar surface area (TPSA) is 86.8 Å². The van der Waals surface area contributed by atoms with Crippen LogP contribution < -0.4 is 9.62 Å². The van der Waals surface area contributed by atoms with Crippen LogP contribution in [0, 0.1) is 13.8 Å². The highest BCUT2D eigenvalue weighted by Gasteiger charge is 2.29. The van der Waals surface area contributed by atoms with Crippen molar-refractivity contribution in [3.8, 4) is 0 Å². The van der Waals surface area contributed by atoms with E-state index in [-0.39, 0.29) is 31.3 Å². The fourth-order valence-corrected chi connectivity index (χ4v) is 5.11. The van der Waals surface area contributed by atoms with Crippen LogP contribution in [0.3, 0.4) is 0 Å². The second-order valence-electron chi connectivity index (χ2n) is 10.2. The predicted molar refractivity (Wildman–Crippen MR) is 147 cm³/mol. The lowest BCUT2D eigenvalue weighted by atomic mass is 10.1. The van der Waals surface area contributed by atoms with E-state index in [1.807, 2.05) is 52.8 Å². The molecule has 0 unspecified atom stereocenters. The Morgan fingerprint density at radius 1 is 1.08 bits per heavy atom. The molecule has 1 N–H and O–H groups in total. The van der Waals surface area contributed by atoms with Gasteiger partial charge < -0.3 is 10.2 Å². The van der Waals surface area contributed by atoms with E-state index in [1.165, 1.54) is 15.5 Å². The molecule has 9 heteroatoms. The zero-order valence-corrected chi connectivity index (χ0v) is 23.8. The maximum Gasteiger partial charge on any atom is 0.242 e. The third-order valence-electron chi connectivity index (χ3n) is 5.90. The summed E-state index contributed by atoms with van der Waals surface area (Å²) in [5, 5.41) is 3.48. The number of anilines is 1. The van der Waals surface area contributed by atoms with E-state index in [9.17, 15) is 18.0 Å². The van der Waals surface area contributed by atoms with Gasteiger partial charge in [-0.25, -0.2) is 8.42 Å². The third kappa shape index (κ3) is 8.52. The number of benzene rings is 2. The van der Waals surface area contributed by atoms with Crippen LogP contribution in [0.5, 0.6) is 0 Å². The van der Waals surface area contributed by atoms with Crippen LogP contribution in [0.1, 0.15) is 57.2 Å². The van der Waals surface area contributed by atoms with E-state index in [0.717, 1.165) is 16.7 Å². The van der Waals surface area contributed by atoms with Gasteiger partial charge in [0, 0.05) is 30.1 Å². The van der Waals surface area contributed by atoms with E-state index in [0.29, 0.717) is 17.1 Å². The Kier molecular flexibility index (Phi) is 9.97. The SMILES string of the molecule is Cc1cccc(N(CCCC(=O)N(Cc2cccc(Cl)c2)[C@@H](C)C(=O)NC(C)(C)C)S(C)(=O)=O)c1C. The van der Waals surface area contributed by atoms with E-state index in [2.05, 4.69) is 5.32 Å². The van der Waals surface area contributed by atoms with Crippen molar-refractivity contribution in [1.82, 2.24) is 10.2 Å². The standard InChI is InChI=1S/C27H38ClN3O4S/c1-19-11-8-14-24(20(19)2)31(36(7,34)35)16-10-15-25(32)30(18-22-12-9-13-23(28)17-22)21(3)26(33)29-27(4,5)6/h8-9,11-14,17,21H,10,15-16,18H2,1-7H3,(H,29,33)/t21-/m0/s1. The molecular weight excluding hydrogens is 498 g/mol. The minimum Gasteiger partial charge on any atom is -0.350 e. The fraction of sp³-hybridized carbons (Fsp3) is 0.481. The lowest BCUT2D eigenvalue weighted by molar-refractivity contribution is -0.141. The zero-order chi connectivity index (χ0) is 27.3. The van der Waals surface area contributed by atoms with Crippen molar-refractivity contribution >= 4 is 39.1 Å². The maximum absolute atomic E-state index is 13.4. The molecule has 2 amide bonds. The Labute approximate surface area is 220 Å². The van der Waals surface area contributed by atoms with Gasteiger partial charge >= 0.3 is 0 Å². The molecule has 36 heavy (non-hydrogen) atoms. The first-order chi connectivity index (χ1) is 16.6. The van der Waals surface area contributed by atoms with Crippen molar-refractivity contribution in [2.24, 2.45) is 0 Å². The van der Waals surface area contributed by atoms with Gasteiger partial charge in [-0.1, -0.05) is 35.9 Å². The number of hydrogen-bond donors (Lipinski definition) is 1. The summed E-state index contributed by atoms with van der Waals surface area (Å²) >= 11 is 6.14. The summed E-state index contributed by atoms with van der Waals surface area (Å²) in [4.78, 5) is 27.8. The van der Waals surface area contributed by atoms with Gasteiger partial charge in [0.05, 0.1) is 11.9 Å². The summed E-state index contributed by atoms with van der Waals surface area (Å²) in [5.41, 5.74) is 2.84. The maximum atomic E-state index is 13.4. The molecule has 0 fully saturated rings. The van der Waals surface area contributed by atoms with Crippen molar-refractivity contribution in [2.75, 3.05) is 17.1 Å². The molecule has 0 saturated heterocycles. The number of amides is 2. The Bertz CT molecular complexity index is 1190. The van der Waals surface area contributed by atoms with Crippen molar-refractivity contribution in [2.45, 2.75) is 72.5 Å². The minimum absolute atomic E-state index is 0.0879. The molecule has 2 aromatic carbocycles. The molecule has 7 nitrogen and oxygen atoms in total. The number of halogens is 1. The first-order valence-corrected chi connectivity index (χ1v) is 14.2. The zero-order valence-electron chi connectivity index (χ0n) is 22.3. The van der Waals surface area contributed by atoms with Crippen LogP contribution >= 0.6 is 11.6 Å². The van der Waals surface area contributed by atoms with Crippen molar-refractivity contribution in [1.29, 1.82) is 0 Å². The average molecular weight is 536 g/mol. The Morgan fingerprint density at radius 2 is 1.72 bits per heavy atom. The van der Waals surface area contributed by atoms with Gasteiger partial charge in [0.1, 0.15) is 6.04 Å². The average Bonchev–Trinajstić information content (AvgIpc) is 2.75. The van der Waals surface area contributed by atoms with Gasteiger partial charge in [0.2, 0.25) is 21.8 Å². The van der Waals surface area contributed by atoms with Gasteiger partial charge in [-0.05, 0) is 82.9 Å². The molecule has 0 spiro atoms. The van der Waals surface area contributed by atoms with Gasteiger partial charge in [0.25, 0.3) is 0 Å². The summed E-state index contributed by atoms with van der Waals surface area (Å²) in [6.07, 6.45) is 1.56. The molecule has 2 rings (SSSR count). The molecule has 0 aliphatic carbocycles. The van der Waals surface area contributed by atoms with Gasteiger partial charge in [-0.3, -0.25) is 13.9 Å². The van der Waals surface area contributed by atoms with E-state index in [4.69, 9.17) is 11.6 Å². The number of aryl methyl sites for hydroxylation is 1. The monoisotopic (exact) mass is 535 g/mol. The number of carbonyl (C=O) groups is 2. The highest BCUT2D eigenvalue weighted by molar-refractivity contribution is 7.92. The van der Waals surface area contributed by atoms with Crippen molar-refractivity contribution < 1.29 is 18.0 Å². The summed E-state index contributed by atoms with van der Waals surface area (Å²) in [6, 6.07) is 12.0. The third-order valence-corrected chi connectivity index (χ3v) is 7.32. The van der Waals surface area contributed by atoms with E-state index in [1.54, 1.807) is 31.2 Å². The molecule has 0 aliphatic rings. The molecule has 0 aliphatic heterocycles. The molecular formula is C27H38ClN3O4S. The number of nitrogens with zero attached hydrogens (tertiary/aromatic N) is 2. The largest absolute Gasteiger partial charge is 0.350 e.